The molecule has 0 bridgehead atoms. The molecule has 0 aliphatic heterocycles. The van der Waals surface area contributed by atoms with E-state index >= 15 is 0 Å². The monoisotopic (exact) mass is 404 g/mol. The summed E-state index contributed by atoms with van der Waals surface area (Å²) in [5.74, 6) is 0.435. The van der Waals surface area contributed by atoms with Gasteiger partial charge in [0.25, 0.3) is 0 Å². The van der Waals surface area contributed by atoms with Crippen LogP contribution >= 0.6 is 23.8 Å². The van der Waals surface area contributed by atoms with Crippen LogP contribution in [0.15, 0.2) is 36.4 Å². The van der Waals surface area contributed by atoms with Gasteiger partial charge in [-0.2, -0.15) is 0 Å². The lowest BCUT2D eigenvalue weighted by atomic mass is 9.87. The predicted molar refractivity (Wildman–Crippen MR) is 111 cm³/mol. The molecule has 5 nitrogen and oxygen atoms in total. The van der Waals surface area contributed by atoms with Gasteiger partial charge in [-0.25, -0.2) is 4.79 Å². The Bertz CT molecular complexity index is 872. The summed E-state index contributed by atoms with van der Waals surface area (Å²) in [4.78, 5) is 11.7. The average Bonchev–Trinajstić information content (AvgIpc) is 2.68. The number of hydrogen-bond acceptors (Lipinski definition) is 4. The van der Waals surface area contributed by atoms with E-state index < -0.39 is 5.97 Å². The number of hydrogen-bond donors (Lipinski definition) is 2. The number of aryl methyl sites for hydroxylation is 1. The second-order valence-corrected chi connectivity index (χ2v) is 7.11. The van der Waals surface area contributed by atoms with Crippen LogP contribution in [0.3, 0.4) is 0 Å². The first-order chi connectivity index (χ1) is 13.0. The summed E-state index contributed by atoms with van der Waals surface area (Å²) in [5, 5.41) is 7.37. The van der Waals surface area contributed by atoms with Crippen LogP contribution < -0.4 is 15.4 Å². The summed E-state index contributed by atoms with van der Waals surface area (Å²) in [6.07, 6.45) is 3.08. The van der Waals surface area contributed by atoms with E-state index in [0.29, 0.717) is 21.4 Å². The molecule has 27 heavy (non-hydrogen) atoms. The Hall–Kier alpha value is -2.31. The van der Waals surface area contributed by atoms with Crippen LogP contribution in [0.1, 0.15) is 40.4 Å². The van der Waals surface area contributed by atoms with Crippen molar-refractivity contribution in [3.8, 4) is 5.75 Å². The molecule has 2 aromatic rings. The molecular weight excluding hydrogens is 384 g/mol. The standard InChI is InChI=1S/C20H21ClN2O3S/c1-25-14-7-8-15-12(10-14)4-3-5-17(15)22-20(27)23-18-11-13(19(24)26-2)6-9-16(18)21/h6-11,17H,3-5H2,1-2H3,(H2,22,23,27). The number of benzene rings is 2. The summed E-state index contributed by atoms with van der Waals surface area (Å²) in [6.45, 7) is 0. The van der Waals surface area contributed by atoms with Crippen molar-refractivity contribution in [2.45, 2.75) is 25.3 Å². The van der Waals surface area contributed by atoms with Gasteiger partial charge >= 0.3 is 5.97 Å². The van der Waals surface area contributed by atoms with Gasteiger partial charge in [0.15, 0.2) is 5.11 Å². The van der Waals surface area contributed by atoms with Crippen molar-refractivity contribution in [2.24, 2.45) is 0 Å². The minimum atomic E-state index is -0.427. The second kappa shape index (κ2) is 8.59. The first-order valence-corrected chi connectivity index (χ1v) is 9.42. The zero-order valence-corrected chi connectivity index (χ0v) is 16.7. The van der Waals surface area contributed by atoms with Crippen LogP contribution in [-0.4, -0.2) is 25.3 Å². The zero-order valence-electron chi connectivity index (χ0n) is 15.2. The third-order valence-electron chi connectivity index (χ3n) is 4.61. The Balaban J connectivity index is 1.73. The van der Waals surface area contributed by atoms with E-state index in [-0.39, 0.29) is 6.04 Å². The molecule has 0 aromatic heterocycles. The van der Waals surface area contributed by atoms with Gasteiger partial charge in [-0.1, -0.05) is 17.7 Å². The Labute approximate surface area is 169 Å². The highest BCUT2D eigenvalue weighted by Gasteiger charge is 2.21. The van der Waals surface area contributed by atoms with E-state index in [0.717, 1.165) is 25.0 Å². The molecule has 2 aromatic carbocycles. The molecular formula is C20H21ClN2O3S. The van der Waals surface area contributed by atoms with Crippen LogP contribution in [0.4, 0.5) is 5.69 Å². The van der Waals surface area contributed by atoms with E-state index in [2.05, 4.69) is 22.8 Å². The molecule has 0 amide bonds. The maximum absolute atomic E-state index is 11.7. The SMILES string of the molecule is COC(=O)c1ccc(Cl)c(NC(=S)NC2CCCc3cc(OC)ccc32)c1. The summed E-state index contributed by atoms with van der Waals surface area (Å²) >= 11 is 11.7. The predicted octanol–water partition coefficient (Wildman–Crippen LogP) is 4.50. The van der Waals surface area contributed by atoms with Gasteiger partial charge in [0.2, 0.25) is 0 Å². The largest absolute Gasteiger partial charge is 0.497 e. The second-order valence-electron chi connectivity index (χ2n) is 6.29. The smallest absolute Gasteiger partial charge is 0.337 e. The number of rotatable bonds is 4. The highest BCUT2D eigenvalue weighted by Crippen LogP contribution is 2.32. The van der Waals surface area contributed by atoms with E-state index in [1.807, 2.05) is 6.07 Å². The minimum Gasteiger partial charge on any atom is -0.497 e. The fraction of sp³-hybridized carbons (Fsp3) is 0.300. The summed E-state index contributed by atoms with van der Waals surface area (Å²) in [5.41, 5.74) is 3.46. The number of esters is 1. The fourth-order valence-corrected chi connectivity index (χ4v) is 3.67. The first kappa shape index (κ1) is 19.5. The van der Waals surface area contributed by atoms with Crippen LogP contribution in [0.25, 0.3) is 0 Å². The van der Waals surface area contributed by atoms with Gasteiger partial charge in [0.05, 0.1) is 36.5 Å². The topological polar surface area (TPSA) is 59.6 Å². The van der Waals surface area contributed by atoms with Crippen molar-refractivity contribution in [1.29, 1.82) is 0 Å². The Morgan fingerprint density at radius 2 is 2.04 bits per heavy atom. The molecule has 1 atom stereocenters. The molecule has 1 unspecified atom stereocenters. The third-order valence-corrected chi connectivity index (χ3v) is 5.15. The number of carbonyl (C=O) groups is 1. The van der Waals surface area contributed by atoms with Gasteiger partial charge in [0, 0.05) is 0 Å². The molecule has 0 heterocycles. The van der Waals surface area contributed by atoms with Crippen molar-refractivity contribution < 1.29 is 14.3 Å². The quantitative estimate of drug-likeness (QED) is 0.578. The lowest BCUT2D eigenvalue weighted by molar-refractivity contribution is 0.0601. The number of methoxy groups -OCH3 is 2. The number of anilines is 1. The van der Waals surface area contributed by atoms with Crippen LogP contribution in [0.2, 0.25) is 5.02 Å². The highest BCUT2D eigenvalue weighted by atomic mass is 35.5. The van der Waals surface area contributed by atoms with E-state index in [1.54, 1.807) is 25.3 Å². The summed E-state index contributed by atoms with van der Waals surface area (Å²) in [6, 6.07) is 11.1. The number of fused-ring (bicyclic) bond motifs is 1. The van der Waals surface area contributed by atoms with Crippen LogP contribution in [-0.2, 0) is 11.2 Å². The molecule has 7 heteroatoms. The number of thiocarbonyl (C=S) groups is 1. The fourth-order valence-electron chi connectivity index (χ4n) is 3.25. The van der Waals surface area contributed by atoms with Gasteiger partial charge in [0.1, 0.15) is 5.75 Å². The van der Waals surface area contributed by atoms with Crippen molar-refractivity contribution in [2.75, 3.05) is 19.5 Å². The highest BCUT2D eigenvalue weighted by molar-refractivity contribution is 7.80. The zero-order chi connectivity index (χ0) is 19.4. The molecule has 0 radical (unpaired) electrons. The summed E-state index contributed by atoms with van der Waals surface area (Å²) in [7, 11) is 3.01. The van der Waals surface area contributed by atoms with E-state index in [4.69, 9.17) is 33.3 Å². The molecule has 0 spiro atoms. The average molecular weight is 405 g/mol. The van der Waals surface area contributed by atoms with Gasteiger partial charge in [-0.15, -0.1) is 0 Å². The Kier molecular flexibility index (Phi) is 6.19. The lowest BCUT2D eigenvalue weighted by Crippen LogP contribution is -2.34. The molecule has 1 aliphatic rings. The van der Waals surface area contributed by atoms with Crippen molar-refractivity contribution in [1.82, 2.24) is 5.32 Å². The lowest BCUT2D eigenvalue weighted by Gasteiger charge is -2.28. The van der Waals surface area contributed by atoms with E-state index in [9.17, 15) is 4.79 Å². The number of nitrogens with one attached hydrogen (secondary N) is 2. The molecule has 0 saturated carbocycles. The van der Waals surface area contributed by atoms with Gasteiger partial charge in [-0.3, -0.25) is 0 Å². The van der Waals surface area contributed by atoms with Gasteiger partial charge in [-0.05, 0) is 72.9 Å². The minimum absolute atomic E-state index is 0.113. The molecule has 3 rings (SSSR count). The van der Waals surface area contributed by atoms with Crippen LogP contribution in [0, 0.1) is 0 Å². The maximum atomic E-state index is 11.7. The van der Waals surface area contributed by atoms with Crippen molar-refractivity contribution >= 4 is 40.6 Å². The normalized spacial score (nSPS) is 15.4. The molecule has 0 saturated heterocycles. The number of carbonyl (C=O) groups excluding carboxylic acids is 1. The van der Waals surface area contributed by atoms with Crippen molar-refractivity contribution in [3.63, 3.8) is 0 Å². The summed E-state index contributed by atoms with van der Waals surface area (Å²) < 4.78 is 10.1. The van der Waals surface area contributed by atoms with Crippen molar-refractivity contribution in [3.05, 3.63) is 58.1 Å². The van der Waals surface area contributed by atoms with Crippen LogP contribution in [0.5, 0.6) is 5.75 Å². The maximum Gasteiger partial charge on any atom is 0.337 e. The molecule has 2 N–H and O–H groups in total. The Morgan fingerprint density at radius 1 is 1.22 bits per heavy atom. The third kappa shape index (κ3) is 4.51. The first-order valence-electron chi connectivity index (χ1n) is 8.64. The number of ether oxygens (including phenoxy) is 2. The Morgan fingerprint density at radius 3 is 2.78 bits per heavy atom. The number of halogens is 1. The van der Waals surface area contributed by atoms with E-state index in [1.165, 1.54) is 18.2 Å². The molecule has 0 fully saturated rings. The molecule has 1 aliphatic carbocycles. The van der Waals surface area contributed by atoms with Gasteiger partial charge < -0.3 is 20.1 Å². The molecule has 142 valence electrons.